The molecule has 6 rings (SSSR count). The highest BCUT2D eigenvalue weighted by molar-refractivity contribution is 5.84. The minimum atomic E-state index is -1.31. The number of hydrogen-bond donors (Lipinski definition) is 1. The van der Waals surface area contributed by atoms with Gasteiger partial charge in [-0.05, 0) is 89.3 Å². The number of hydrogen-bond acceptors (Lipinski definition) is 28. The second-order valence-electron chi connectivity index (χ2n) is 20.2. The van der Waals surface area contributed by atoms with Crippen LogP contribution in [0.2, 0.25) is 0 Å². The molecule has 2 aromatic carbocycles. The van der Waals surface area contributed by atoms with Crippen molar-refractivity contribution < 1.29 is 118 Å². The molecule has 2 aliphatic rings. The predicted octanol–water partition coefficient (Wildman–Crippen LogP) is 4.51. The van der Waals surface area contributed by atoms with Crippen LogP contribution in [0.15, 0.2) is 67.0 Å². The number of ether oxygens (including phenoxy) is 11. The maximum absolute atomic E-state index is 12.6. The number of rotatable bonds is 20. The van der Waals surface area contributed by atoms with Crippen molar-refractivity contribution in [2.24, 2.45) is 5.73 Å². The summed E-state index contributed by atoms with van der Waals surface area (Å²) in [5.41, 5.74) is 5.66. The highest BCUT2D eigenvalue weighted by Gasteiger charge is 2.53. The Morgan fingerprint density at radius 2 is 0.860 bits per heavy atom. The molecule has 4 aromatic rings. The van der Waals surface area contributed by atoms with Gasteiger partial charge >= 0.3 is 65.3 Å². The van der Waals surface area contributed by atoms with Gasteiger partial charge in [0.15, 0.2) is 24.4 Å². The van der Waals surface area contributed by atoms with Gasteiger partial charge in [0.25, 0.3) is 0 Å². The molecular formula is C58H69NO27. The first kappa shape index (κ1) is 71.3. The molecule has 10 unspecified atom stereocenters. The van der Waals surface area contributed by atoms with Crippen LogP contribution in [0.4, 0.5) is 0 Å². The highest BCUT2D eigenvalue weighted by atomic mass is 16.7. The van der Waals surface area contributed by atoms with Gasteiger partial charge in [-0.3, -0.25) is 38.4 Å². The van der Waals surface area contributed by atoms with Crippen LogP contribution in [0.25, 0.3) is 21.9 Å². The van der Waals surface area contributed by atoms with E-state index in [1.165, 1.54) is 52.0 Å². The lowest BCUT2D eigenvalue weighted by Crippen LogP contribution is -2.62. The molecule has 0 saturated carbocycles. The number of unbranched alkanes of at least 4 members (excludes halogenated alkanes) is 2. The number of nitrogens with two attached hydrogens (primary N) is 1. The van der Waals surface area contributed by atoms with E-state index in [2.05, 4.69) is 0 Å². The number of ketones is 1. The minimum Gasteiger partial charge on any atom is -0.461 e. The average Bonchev–Trinajstić information content (AvgIpc) is 2.13. The maximum Gasteiger partial charge on any atom is 0.373 e. The number of carbonyl (C=O) groups excluding carboxylic acids is 12. The van der Waals surface area contributed by atoms with E-state index in [4.69, 9.17) is 85.9 Å². The van der Waals surface area contributed by atoms with Crippen molar-refractivity contribution in [1.29, 1.82) is 0 Å². The number of Topliss-reactive ketones (excluding diaryl/α,β-unsaturated/α-hetero) is 1. The van der Waals surface area contributed by atoms with E-state index in [-0.39, 0.29) is 59.7 Å². The molecule has 2 fully saturated rings. The second kappa shape index (κ2) is 34.1. The SMILES string of the molecule is CC(=O)OC1C(C)OC(Oc2ccc3c(CCC(=O)CCCCCC(=O)OC(C)(C)C)cc(=O)oc3c2)C(OC(C)=O)C1OC(C)=O.CC(=O)OC1C(C)OC(Oc2ccc3c(CN)cc(=O)oc3c2)C(OC(C)=O)C1OC(C)=O.O=C=O.O=C=O. The van der Waals surface area contributed by atoms with Crippen LogP contribution in [0.3, 0.4) is 0 Å². The molecule has 28 heteroatoms. The number of carbonyl (C=O) groups is 8. The molecular weight excluding hydrogens is 1140 g/mol. The third-order valence-electron chi connectivity index (χ3n) is 12.0. The van der Waals surface area contributed by atoms with Gasteiger partial charge in [0, 0.05) is 102 Å². The van der Waals surface area contributed by atoms with Crippen molar-refractivity contribution in [2.45, 2.75) is 195 Å². The summed E-state index contributed by atoms with van der Waals surface area (Å²) in [6.45, 7) is 15.8. The molecule has 0 aliphatic carbocycles. The molecule has 468 valence electrons. The quantitative estimate of drug-likeness (QED) is 0.0550. The summed E-state index contributed by atoms with van der Waals surface area (Å²) in [4.78, 5) is 152. The van der Waals surface area contributed by atoms with Gasteiger partial charge in [-0.1, -0.05) is 6.42 Å². The molecule has 28 nitrogen and oxygen atoms in total. The molecule has 2 N–H and O–H groups in total. The number of esters is 7. The average molecular weight is 1210 g/mol. The lowest BCUT2D eigenvalue weighted by atomic mass is 9.98. The Kier molecular flexibility index (Phi) is 28.3. The summed E-state index contributed by atoms with van der Waals surface area (Å²) in [6.07, 6.45) is -7.54. The number of fused-ring (bicyclic) bond motifs is 2. The zero-order valence-electron chi connectivity index (χ0n) is 49.1. The van der Waals surface area contributed by atoms with Gasteiger partial charge in [0.1, 0.15) is 34.0 Å². The Labute approximate surface area is 491 Å². The van der Waals surface area contributed by atoms with Gasteiger partial charge in [-0.2, -0.15) is 19.2 Å². The topological polar surface area (TPSA) is 393 Å². The Morgan fingerprint density at radius 3 is 1.24 bits per heavy atom. The summed E-state index contributed by atoms with van der Waals surface area (Å²) >= 11 is 0. The van der Waals surface area contributed by atoms with Gasteiger partial charge in [0.2, 0.25) is 24.8 Å². The maximum atomic E-state index is 12.6. The van der Waals surface area contributed by atoms with Crippen molar-refractivity contribution in [3.8, 4) is 11.5 Å². The monoisotopic (exact) mass is 1210 g/mol. The van der Waals surface area contributed by atoms with Crippen LogP contribution >= 0.6 is 0 Å². The van der Waals surface area contributed by atoms with E-state index in [1.807, 2.05) is 20.8 Å². The van der Waals surface area contributed by atoms with Crippen LogP contribution in [-0.2, 0) is 113 Å². The second-order valence-corrected chi connectivity index (χ2v) is 20.2. The summed E-state index contributed by atoms with van der Waals surface area (Å²) in [5.74, 6) is -3.88. The van der Waals surface area contributed by atoms with Gasteiger partial charge in [-0.25, -0.2) is 9.59 Å². The number of aryl methyl sites for hydroxylation is 1. The summed E-state index contributed by atoms with van der Waals surface area (Å²) in [7, 11) is 0. The summed E-state index contributed by atoms with van der Waals surface area (Å²) in [5, 5.41) is 1.23. The van der Waals surface area contributed by atoms with Crippen molar-refractivity contribution >= 4 is 81.8 Å². The van der Waals surface area contributed by atoms with Crippen molar-refractivity contribution in [3.05, 3.63) is 80.5 Å². The minimum absolute atomic E-state index is 0.0399. The fraction of sp³-hybridized carbons (Fsp3) is 0.517. The number of benzene rings is 2. The smallest absolute Gasteiger partial charge is 0.373 e. The normalized spacial score (nSPS) is 21.2. The molecule has 0 bridgehead atoms. The Balaban J connectivity index is 0.000000432. The molecule has 0 spiro atoms. The Hall–Kier alpha value is -8.94. The van der Waals surface area contributed by atoms with Crippen LogP contribution < -0.4 is 26.5 Å². The fourth-order valence-corrected chi connectivity index (χ4v) is 8.90. The summed E-state index contributed by atoms with van der Waals surface area (Å²) in [6, 6.07) is 12.1. The van der Waals surface area contributed by atoms with Gasteiger partial charge in [-0.15, -0.1) is 0 Å². The van der Waals surface area contributed by atoms with Crippen LogP contribution in [0, 0.1) is 0 Å². The highest BCUT2D eigenvalue weighted by Crippen LogP contribution is 2.34. The Bertz CT molecular complexity index is 3200. The van der Waals surface area contributed by atoms with Crippen LogP contribution in [-0.4, -0.2) is 127 Å². The van der Waals surface area contributed by atoms with E-state index >= 15 is 0 Å². The van der Waals surface area contributed by atoms with Crippen molar-refractivity contribution in [1.82, 2.24) is 0 Å². The van der Waals surface area contributed by atoms with E-state index in [9.17, 15) is 47.9 Å². The van der Waals surface area contributed by atoms with Crippen LogP contribution in [0.1, 0.15) is 126 Å². The first-order valence-corrected chi connectivity index (χ1v) is 26.7. The van der Waals surface area contributed by atoms with Crippen molar-refractivity contribution in [3.63, 3.8) is 0 Å². The molecule has 86 heavy (non-hydrogen) atoms. The fourth-order valence-electron chi connectivity index (χ4n) is 8.90. The molecule has 2 aliphatic heterocycles. The third-order valence-corrected chi connectivity index (χ3v) is 12.0. The predicted molar refractivity (Wildman–Crippen MR) is 288 cm³/mol. The zero-order valence-corrected chi connectivity index (χ0v) is 49.1. The first-order valence-electron chi connectivity index (χ1n) is 26.7. The zero-order chi connectivity index (χ0) is 64.6. The van der Waals surface area contributed by atoms with E-state index in [0.717, 1.165) is 20.3 Å². The summed E-state index contributed by atoms with van der Waals surface area (Å²) < 4.78 is 71.7. The van der Waals surface area contributed by atoms with Crippen LogP contribution in [0.5, 0.6) is 11.5 Å². The largest absolute Gasteiger partial charge is 0.461 e. The third kappa shape index (κ3) is 23.3. The van der Waals surface area contributed by atoms with Crippen molar-refractivity contribution in [2.75, 3.05) is 0 Å². The van der Waals surface area contributed by atoms with E-state index < -0.39 is 114 Å². The van der Waals surface area contributed by atoms with E-state index in [1.54, 1.807) is 38.1 Å². The first-order chi connectivity index (χ1) is 40.4. The molecule has 0 radical (unpaired) electrons. The molecule has 10 atom stereocenters. The molecule has 4 heterocycles. The van der Waals surface area contributed by atoms with Gasteiger partial charge < -0.3 is 66.7 Å². The molecule has 2 saturated heterocycles. The Morgan fingerprint density at radius 1 is 0.500 bits per heavy atom. The lowest BCUT2D eigenvalue weighted by Gasteiger charge is -2.43. The van der Waals surface area contributed by atoms with Gasteiger partial charge in [0.05, 0.1) is 12.2 Å². The standard InChI is InChI=1S/C34H44O13.C22H25NO10.2CO2/c1-19-30(42-20(2)35)31(43-21(3)36)32(44-22(4)37)33(41-19)45-25-15-16-26-23(17-29(40)46-27(26)18-25)13-14-24(38)11-9-8-10-12-28(39)47-34(5,6)7;1-10-19(29-11(2)24)20(30-12(3)25)21(31-13(4)26)22(28-10)32-15-5-6-16-14(9-23)7-18(27)33-17(16)8-15;2*2-1-3/h15-19,30-33H,8-14H2,1-7H3;5-8,10,19-22H,9,23H2,1-4H3;;. The lowest BCUT2D eigenvalue weighted by molar-refractivity contribution is -0.280. The van der Waals surface area contributed by atoms with E-state index in [0.29, 0.717) is 54.0 Å². The molecule has 0 amide bonds. The molecule has 2 aromatic heterocycles.